The summed E-state index contributed by atoms with van der Waals surface area (Å²) in [6, 6.07) is 13.0. The van der Waals surface area contributed by atoms with Gasteiger partial charge < -0.3 is 19.5 Å². The fourth-order valence-corrected chi connectivity index (χ4v) is 4.03. The van der Waals surface area contributed by atoms with Crippen molar-refractivity contribution in [1.29, 1.82) is 0 Å². The fourth-order valence-electron chi connectivity index (χ4n) is 4.03. The maximum atomic E-state index is 12.8. The minimum absolute atomic E-state index is 0. The third-order valence-electron chi connectivity index (χ3n) is 6.05. The number of hydrogen-bond acceptors (Lipinski definition) is 7. The van der Waals surface area contributed by atoms with Crippen LogP contribution in [0.1, 0.15) is 47.7 Å². The van der Waals surface area contributed by atoms with E-state index in [1.165, 1.54) is 0 Å². The van der Waals surface area contributed by atoms with Crippen LogP contribution in [-0.2, 0) is 20.7 Å². The van der Waals surface area contributed by atoms with Gasteiger partial charge in [-0.25, -0.2) is 0 Å². The van der Waals surface area contributed by atoms with Gasteiger partial charge in [0.1, 0.15) is 5.75 Å². The van der Waals surface area contributed by atoms with E-state index >= 15 is 0 Å². The first-order valence-corrected chi connectivity index (χ1v) is 12.3. The minimum atomic E-state index is -0.186. The van der Waals surface area contributed by atoms with Gasteiger partial charge >= 0.3 is 5.97 Å². The van der Waals surface area contributed by atoms with E-state index < -0.39 is 0 Å². The number of halogens is 1. The first kappa shape index (κ1) is 27.5. The first-order chi connectivity index (χ1) is 17.1. The highest BCUT2D eigenvalue weighted by Crippen LogP contribution is 2.31. The number of nitrogens with zero attached hydrogens (tertiary/aromatic N) is 2. The van der Waals surface area contributed by atoms with E-state index in [1.54, 1.807) is 18.3 Å². The molecule has 194 valence electrons. The van der Waals surface area contributed by atoms with Crippen molar-refractivity contribution in [2.45, 2.75) is 32.6 Å². The molecule has 1 N–H and O–H groups in total. The summed E-state index contributed by atoms with van der Waals surface area (Å²) in [5.41, 5.74) is 3.17. The predicted octanol–water partition coefficient (Wildman–Crippen LogP) is 4.31. The highest BCUT2D eigenvalue weighted by atomic mass is 35.5. The van der Waals surface area contributed by atoms with Gasteiger partial charge in [-0.05, 0) is 54.3 Å². The highest BCUT2D eigenvalue weighted by molar-refractivity contribution is 6.04. The Morgan fingerprint density at radius 1 is 1.17 bits per heavy atom. The number of carbonyl (C=O) groups excluding carboxylic acids is 2. The molecular weight excluding hydrogens is 482 g/mol. The molecule has 8 nitrogen and oxygen atoms in total. The molecule has 0 aromatic heterocycles. The summed E-state index contributed by atoms with van der Waals surface area (Å²) in [6.07, 6.45) is 4.71. The molecule has 0 bridgehead atoms. The number of fused-ring (bicyclic) bond motifs is 1. The molecule has 2 heterocycles. The number of benzene rings is 2. The zero-order valence-corrected chi connectivity index (χ0v) is 21.4. The second-order valence-corrected chi connectivity index (χ2v) is 8.87. The molecule has 0 radical (unpaired) electrons. The van der Waals surface area contributed by atoms with Gasteiger partial charge in [0.2, 0.25) is 0 Å². The number of carbonyl (C=O) groups is 2. The van der Waals surface area contributed by atoms with Crippen LogP contribution in [0.25, 0.3) is 0 Å². The minimum Gasteiger partial charge on any atom is -0.493 e. The Morgan fingerprint density at radius 3 is 2.69 bits per heavy atom. The van der Waals surface area contributed by atoms with Crippen molar-refractivity contribution < 1.29 is 23.8 Å². The molecule has 2 aliphatic heterocycles. The number of hydrogen-bond donors (Lipinski definition) is 1. The molecule has 9 heteroatoms. The van der Waals surface area contributed by atoms with Gasteiger partial charge in [-0.15, -0.1) is 12.4 Å². The molecule has 4 rings (SSSR count). The predicted molar refractivity (Wildman–Crippen MR) is 141 cm³/mol. The summed E-state index contributed by atoms with van der Waals surface area (Å²) < 4.78 is 16.5. The van der Waals surface area contributed by atoms with Gasteiger partial charge in [-0.2, -0.15) is 5.10 Å². The third-order valence-corrected chi connectivity index (χ3v) is 6.05. The van der Waals surface area contributed by atoms with E-state index in [1.807, 2.05) is 35.3 Å². The maximum Gasteiger partial charge on any atom is 0.306 e. The summed E-state index contributed by atoms with van der Waals surface area (Å²) in [6.45, 7) is 5.97. The Bertz CT molecular complexity index is 1040. The van der Waals surface area contributed by atoms with Crippen LogP contribution < -0.4 is 10.1 Å². The number of esters is 1. The zero-order chi connectivity index (χ0) is 24.5. The molecule has 2 aromatic carbocycles. The van der Waals surface area contributed by atoms with E-state index in [-0.39, 0.29) is 30.2 Å². The van der Waals surface area contributed by atoms with Crippen LogP contribution in [0.4, 0.5) is 5.69 Å². The summed E-state index contributed by atoms with van der Waals surface area (Å²) in [4.78, 5) is 24.8. The molecule has 2 aliphatic rings. The summed E-state index contributed by atoms with van der Waals surface area (Å²) >= 11 is 0. The largest absolute Gasteiger partial charge is 0.493 e. The van der Waals surface area contributed by atoms with Crippen molar-refractivity contribution in [3.8, 4) is 5.75 Å². The van der Waals surface area contributed by atoms with Gasteiger partial charge in [0.15, 0.2) is 0 Å². The number of ether oxygens (including phenoxy) is 3. The molecule has 0 aliphatic carbocycles. The molecule has 1 atom stereocenters. The molecule has 1 unspecified atom stereocenters. The van der Waals surface area contributed by atoms with Gasteiger partial charge in [0.25, 0.3) is 5.91 Å². The molecule has 2 aromatic rings. The lowest BCUT2D eigenvalue weighted by molar-refractivity contribution is -0.145. The highest BCUT2D eigenvalue weighted by Gasteiger charge is 2.23. The lowest BCUT2D eigenvalue weighted by atomic mass is 9.93. The number of hydrazone groups is 1. The zero-order valence-electron chi connectivity index (χ0n) is 20.6. The normalized spacial score (nSPS) is 17.0. The molecule has 36 heavy (non-hydrogen) atoms. The maximum absolute atomic E-state index is 12.8. The van der Waals surface area contributed by atoms with E-state index in [9.17, 15) is 9.59 Å². The average Bonchev–Trinajstić information content (AvgIpc) is 2.88. The van der Waals surface area contributed by atoms with Crippen LogP contribution in [-0.4, -0.2) is 62.6 Å². The van der Waals surface area contributed by atoms with E-state index in [4.69, 9.17) is 14.2 Å². The quantitative estimate of drug-likeness (QED) is 0.304. The first-order valence-electron chi connectivity index (χ1n) is 12.3. The number of anilines is 1. The molecule has 1 fully saturated rings. The van der Waals surface area contributed by atoms with E-state index in [0.717, 1.165) is 42.8 Å². The molecule has 0 spiro atoms. The Kier molecular flexibility index (Phi) is 10.6. The topological polar surface area (TPSA) is 89.5 Å². The van der Waals surface area contributed by atoms with Crippen molar-refractivity contribution >= 4 is 36.2 Å². The van der Waals surface area contributed by atoms with E-state index in [2.05, 4.69) is 17.3 Å². The summed E-state index contributed by atoms with van der Waals surface area (Å²) in [5, 5.41) is 9.40. The molecule has 0 saturated carbocycles. The number of rotatable bonds is 9. The molecular formula is C27H34ClN3O5. The summed E-state index contributed by atoms with van der Waals surface area (Å²) in [5.74, 6) is 0.490. The lowest BCUT2D eigenvalue weighted by Gasteiger charge is -2.25. The van der Waals surface area contributed by atoms with Gasteiger partial charge in [-0.3, -0.25) is 14.6 Å². The lowest BCUT2D eigenvalue weighted by Crippen LogP contribution is -2.32. The van der Waals surface area contributed by atoms with Crippen LogP contribution in [0, 0.1) is 5.92 Å². The van der Waals surface area contributed by atoms with Crippen LogP contribution in [0.15, 0.2) is 47.6 Å². The fraction of sp³-hybridized carbons (Fsp3) is 0.444. The number of nitrogens with one attached hydrogen (secondary N) is 1. The molecule has 1 amide bonds. The standard InChI is InChI=1S/C27H33N3O5.ClH/c1-2-3-12-34-26(31)16-21-15-23-17-24(8-9-25(23)35-19-21)29-27(32)22-6-4-20(5-7-22)18-28-30-10-13-33-14-11-30;/h4-9,17-18,21H,2-3,10-16,19H2,1H3,(H,29,32);1H/b28-18+;. The number of unbranched alkanes of at least 4 members (excludes halogenated alkanes) is 1. The third kappa shape index (κ3) is 7.96. The van der Waals surface area contributed by atoms with Crippen LogP contribution in [0.2, 0.25) is 0 Å². The Hall–Kier alpha value is -3.10. The van der Waals surface area contributed by atoms with Crippen molar-refractivity contribution in [2.24, 2.45) is 11.0 Å². The Balaban J connectivity index is 0.00000361. The van der Waals surface area contributed by atoms with Gasteiger partial charge in [-0.1, -0.05) is 25.5 Å². The van der Waals surface area contributed by atoms with Crippen molar-refractivity contribution in [3.05, 3.63) is 59.2 Å². The monoisotopic (exact) mass is 515 g/mol. The molecule has 1 saturated heterocycles. The van der Waals surface area contributed by atoms with Crippen LogP contribution in [0.5, 0.6) is 5.75 Å². The van der Waals surface area contributed by atoms with Crippen LogP contribution >= 0.6 is 12.4 Å². The SMILES string of the molecule is CCCCOC(=O)CC1COc2ccc(NC(=O)c3ccc(/C=N/N4CCOCC4)cc3)cc2C1.Cl. The van der Waals surface area contributed by atoms with Gasteiger partial charge in [0, 0.05) is 17.2 Å². The Morgan fingerprint density at radius 2 is 1.94 bits per heavy atom. The van der Waals surface area contributed by atoms with Crippen LogP contribution in [0.3, 0.4) is 0 Å². The van der Waals surface area contributed by atoms with Crippen molar-refractivity contribution in [1.82, 2.24) is 5.01 Å². The van der Waals surface area contributed by atoms with Crippen molar-refractivity contribution in [3.63, 3.8) is 0 Å². The number of morpholine rings is 1. The Labute approximate surface area is 218 Å². The van der Waals surface area contributed by atoms with Gasteiger partial charge in [0.05, 0.1) is 52.2 Å². The average molecular weight is 516 g/mol. The van der Waals surface area contributed by atoms with E-state index in [0.29, 0.717) is 50.5 Å². The smallest absolute Gasteiger partial charge is 0.306 e. The second-order valence-electron chi connectivity index (χ2n) is 8.87. The second kappa shape index (κ2) is 13.8. The summed E-state index contributed by atoms with van der Waals surface area (Å²) in [7, 11) is 0. The number of amides is 1. The van der Waals surface area contributed by atoms with Crippen molar-refractivity contribution in [2.75, 3.05) is 44.8 Å².